The number of rotatable bonds is 4. The number of pyridine rings is 1. The summed E-state index contributed by atoms with van der Waals surface area (Å²) < 4.78 is 0. The van der Waals surface area contributed by atoms with Gasteiger partial charge in [-0.15, -0.1) is 0 Å². The third-order valence-corrected chi connectivity index (χ3v) is 5.04. The number of benzene rings is 3. The summed E-state index contributed by atoms with van der Waals surface area (Å²) in [4.78, 5) is 14.0. The van der Waals surface area contributed by atoms with Gasteiger partial charge in [-0.05, 0) is 29.8 Å². The van der Waals surface area contributed by atoms with Gasteiger partial charge in [-0.2, -0.15) is 0 Å². The van der Waals surface area contributed by atoms with Gasteiger partial charge < -0.3 is 5.11 Å². The molecular formula is C27H18N3ORb. The molecule has 0 bridgehead atoms. The molecule has 4 nitrogen and oxygen atoms in total. The molecule has 0 atom stereocenters. The fourth-order valence-electron chi connectivity index (χ4n) is 3.48. The molecule has 0 aliphatic heterocycles. The summed E-state index contributed by atoms with van der Waals surface area (Å²) in [6.45, 7) is 0. The number of hydrogen-bond donors (Lipinski definition) is 0. The van der Waals surface area contributed by atoms with Crippen LogP contribution >= 0.6 is 0 Å². The topological polar surface area (TPSA) is 61.7 Å². The van der Waals surface area contributed by atoms with Gasteiger partial charge in [0.05, 0.1) is 17.1 Å². The molecule has 0 saturated carbocycles. The van der Waals surface area contributed by atoms with Gasteiger partial charge in [-0.1, -0.05) is 84.6 Å². The second-order valence-electron chi connectivity index (χ2n) is 7.12. The third-order valence-electron chi connectivity index (χ3n) is 5.04. The molecule has 2 aromatic heterocycles. The van der Waals surface area contributed by atoms with Gasteiger partial charge in [0.25, 0.3) is 0 Å². The SMILES string of the molecule is [O-]c1ccc(-c2cc(-c3ccccc3)nc(-c3ccccc3)n2)cc1-c1ccccn1.[Rb+]. The molecule has 3 aromatic carbocycles. The van der Waals surface area contributed by atoms with Crippen LogP contribution in [-0.4, -0.2) is 15.0 Å². The first-order chi connectivity index (χ1) is 15.3. The molecule has 5 aromatic rings. The zero-order chi connectivity index (χ0) is 21.0. The van der Waals surface area contributed by atoms with Crippen LogP contribution in [0.4, 0.5) is 0 Å². The van der Waals surface area contributed by atoms with Crippen molar-refractivity contribution in [3.8, 4) is 50.9 Å². The van der Waals surface area contributed by atoms with Gasteiger partial charge in [-0.25, -0.2) is 9.97 Å². The van der Waals surface area contributed by atoms with Gasteiger partial charge in [0, 0.05) is 22.9 Å². The maximum absolute atomic E-state index is 12.5. The summed E-state index contributed by atoms with van der Waals surface area (Å²) in [6.07, 6.45) is 1.69. The van der Waals surface area contributed by atoms with Crippen molar-refractivity contribution in [2.24, 2.45) is 0 Å². The van der Waals surface area contributed by atoms with Crippen LogP contribution in [0.25, 0.3) is 45.2 Å². The van der Waals surface area contributed by atoms with Gasteiger partial charge in [-0.3, -0.25) is 4.98 Å². The molecule has 0 aliphatic carbocycles. The van der Waals surface area contributed by atoms with E-state index < -0.39 is 0 Å². The first-order valence-electron chi connectivity index (χ1n) is 10.0. The van der Waals surface area contributed by atoms with Crippen LogP contribution in [0, 0.1) is 0 Å². The number of nitrogens with zero attached hydrogens (tertiary/aromatic N) is 3. The smallest absolute Gasteiger partial charge is 0.872 e. The van der Waals surface area contributed by atoms with E-state index in [4.69, 9.17) is 9.97 Å². The second kappa shape index (κ2) is 10.4. The van der Waals surface area contributed by atoms with E-state index in [1.807, 2.05) is 91.0 Å². The Morgan fingerprint density at radius 2 is 1.16 bits per heavy atom. The average molecular weight is 486 g/mol. The van der Waals surface area contributed by atoms with Crippen molar-refractivity contribution in [2.75, 3.05) is 0 Å². The van der Waals surface area contributed by atoms with E-state index in [9.17, 15) is 5.11 Å². The molecule has 32 heavy (non-hydrogen) atoms. The van der Waals surface area contributed by atoms with Crippen LogP contribution < -0.4 is 63.3 Å². The summed E-state index contributed by atoms with van der Waals surface area (Å²) in [7, 11) is 0. The summed E-state index contributed by atoms with van der Waals surface area (Å²) in [5.74, 6) is 0.575. The molecule has 0 radical (unpaired) electrons. The second-order valence-corrected chi connectivity index (χ2v) is 7.12. The van der Waals surface area contributed by atoms with Crippen LogP contribution in [0.1, 0.15) is 0 Å². The number of hydrogen-bond acceptors (Lipinski definition) is 4. The molecule has 0 saturated heterocycles. The van der Waals surface area contributed by atoms with E-state index >= 15 is 0 Å². The van der Waals surface area contributed by atoms with E-state index in [1.165, 1.54) is 0 Å². The monoisotopic (exact) mass is 485 g/mol. The maximum atomic E-state index is 12.5. The minimum atomic E-state index is -0.0666. The normalized spacial score (nSPS) is 10.4. The van der Waals surface area contributed by atoms with Gasteiger partial charge >= 0.3 is 58.2 Å². The van der Waals surface area contributed by atoms with Crippen LogP contribution in [-0.2, 0) is 0 Å². The maximum Gasteiger partial charge on any atom is 1.00 e. The Balaban J connectivity index is 0.00000245. The molecule has 0 fully saturated rings. The van der Waals surface area contributed by atoms with Crippen molar-refractivity contribution in [3.63, 3.8) is 0 Å². The van der Waals surface area contributed by atoms with Crippen LogP contribution in [0.3, 0.4) is 0 Å². The molecule has 2 heterocycles. The molecule has 0 amide bonds. The Morgan fingerprint density at radius 1 is 0.531 bits per heavy atom. The zero-order valence-corrected chi connectivity index (χ0v) is 22.6. The Hall–Kier alpha value is -2.50. The molecule has 0 spiro atoms. The molecule has 0 aliphatic rings. The van der Waals surface area contributed by atoms with E-state index in [1.54, 1.807) is 18.3 Å². The summed E-state index contributed by atoms with van der Waals surface area (Å²) >= 11 is 0. The Morgan fingerprint density at radius 3 is 1.81 bits per heavy atom. The van der Waals surface area contributed by atoms with E-state index in [2.05, 4.69) is 4.98 Å². The summed E-state index contributed by atoms with van der Waals surface area (Å²) in [6, 6.07) is 32.7. The summed E-state index contributed by atoms with van der Waals surface area (Å²) in [5, 5.41) is 12.5. The minimum Gasteiger partial charge on any atom is -0.872 e. The first kappa shape index (κ1) is 22.7. The van der Waals surface area contributed by atoms with Gasteiger partial charge in [0.15, 0.2) is 5.82 Å². The van der Waals surface area contributed by atoms with Crippen molar-refractivity contribution >= 4 is 0 Å². The average Bonchev–Trinajstić information content (AvgIpc) is 2.86. The van der Waals surface area contributed by atoms with Crippen molar-refractivity contribution in [3.05, 3.63) is 109 Å². The Kier molecular flexibility index (Phi) is 7.38. The first-order valence-corrected chi connectivity index (χ1v) is 10.0. The molecule has 0 N–H and O–H groups in total. The third kappa shape index (κ3) is 4.94. The van der Waals surface area contributed by atoms with Crippen molar-refractivity contribution in [1.29, 1.82) is 0 Å². The fraction of sp³-hybridized carbons (Fsp3) is 0. The standard InChI is InChI=1S/C27H19N3O.Rb/c31-26-15-14-21(17-22(26)23-13-7-8-16-28-23)25-18-24(19-9-3-1-4-10-19)29-27(30-25)20-11-5-2-6-12-20;/h1-18,31H;/q;+1/p-1. The Labute approximate surface area is 235 Å². The Bertz CT molecular complexity index is 1270. The molecule has 148 valence electrons. The van der Waals surface area contributed by atoms with Crippen LogP contribution in [0.5, 0.6) is 5.75 Å². The van der Waals surface area contributed by atoms with Crippen LogP contribution in [0.2, 0.25) is 0 Å². The van der Waals surface area contributed by atoms with Crippen LogP contribution in [0.15, 0.2) is 109 Å². The minimum absolute atomic E-state index is 0. The van der Waals surface area contributed by atoms with Crippen molar-refractivity contribution in [2.45, 2.75) is 0 Å². The molecular weight excluding hydrogens is 468 g/mol. The zero-order valence-electron chi connectivity index (χ0n) is 17.6. The van der Waals surface area contributed by atoms with Crippen molar-refractivity contribution in [1.82, 2.24) is 15.0 Å². The van der Waals surface area contributed by atoms with Gasteiger partial charge in [0.1, 0.15) is 0 Å². The van der Waals surface area contributed by atoms with Gasteiger partial charge in [0.2, 0.25) is 0 Å². The van der Waals surface area contributed by atoms with E-state index in [0.717, 1.165) is 28.1 Å². The molecule has 0 unspecified atom stereocenters. The predicted molar refractivity (Wildman–Crippen MR) is 121 cm³/mol. The van der Waals surface area contributed by atoms with Crippen molar-refractivity contribution < 1.29 is 63.3 Å². The number of aromatic nitrogens is 3. The predicted octanol–water partition coefficient (Wildman–Crippen LogP) is 2.62. The largest absolute Gasteiger partial charge is 1.00 e. The quantitative estimate of drug-likeness (QED) is 0.392. The van der Waals surface area contributed by atoms with E-state index in [0.29, 0.717) is 17.1 Å². The molecule has 5 heteroatoms. The summed E-state index contributed by atoms with van der Waals surface area (Å²) in [5.41, 5.74) is 5.58. The fourth-order valence-corrected chi connectivity index (χ4v) is 3.48. The van der Waals surface area contributed by atoms with E-state index in [-0.39, 0.29) is 63.9 Å². The molecule has 5 rings (SSSR count).